The number of esters is 1. The fourth-order valence-electron chi connectivity index (χ4n) is 5.17. The number of phenolic OH excluding ortho intramolecular Hbond substituents is 1. The van der Waals surface area contributed by atoms with Crippen LogP contribution in [0.1, 0.15) is 48.4 Å². The van der Waals surface area contributed by atoms with Crippen LogP contribution < -0.4 is 4.74 Å². The number of aromatic nitrogens is 3. The highest BCUT2D eigenvalue weighted by Crippen LogP contribution is 2.36. The maximum absolute atomic E-state index is 13.6. The van der Waals surface area contributed by atoms with Crippen LogP contribution in [0, 0.1) is 6.92 Å². The van der Waals surface area contributed by atoms with Crippen LogP contribution in [0.15, 0.2) is 59.5 Å². The van der Waals surface area contributed by atoms with Gasteiger partial charge in [0.1, 0.15) is 33.5 Å². The molecule has 40 heavy (non-hydrogen) atoms. The second kappa shape index (κ2) is 10.9. The van der Waals surface area contributed by atoms with Crippen molar-refractivity contribution < 1.29 is 27.8 Å². The molecule has 1 N–H and O–H groups in total. The Kier molecular flexibility index (Phi) is 7.52. The van der Waals surface area contributed by atoms with Crippen LogP contribution >= 0.6 is 0 Å². The van der Waals surface area contributed by atoms with Gasteiger partial charge < -0.3 is 14.6 Å². The van der Waals surface area contributed by atoms with Crippen LogP contribution in [0.2, 0.25) is 0 Å². The van der Waals surface area contributed by atoms with Crippen molar-refractivity contribution in [1.29, 1.82) is 0 Å². The smallest absolute Gasteiger partial charge is 0.306 e. The minimum atomic E-state index is -3.82. The largest absolute Gasteiger partial charge is 0.506 e. The van der Waals surface area contributed by atoms with Gasteiger partial charge in [-0.3, -0.25) is 4.79 Å². The Balaban J connectivity index is 1.55. The van der Waals surface area contributed by atoms with E-state index in [9.17, 15) is 18.3 Å². The number of fused-ring (bicyclic) bond motifs is 2. The summed E-state index contributed by atoms with van der Waals surface area (Å²) in [5.74, 6) is -0.508. The van der Waals surface area contributed by atoms with E-state index in [-0.39, 0.29) is 48.8 Å². The van der Waals surface area contributed by atoms with Crippen LogP contribution in [0.25, 0.3) is 11.0 Å². The molecule has 10 nitrogen and oxygen atoms in total. The monoisotopic (exact) mass is 564 g/mol. The molecule has 5 rings (SSSR count). The first-order valence-corrected chi connectivity index (χ1v) is 14.6. The van der Waals surface area contributed by atoms with Crippen molar-refractivity contribution in [3.63, 3.8) is 0 Å². The Morgan fingerprint density at radius 2 is 1.95 bits per heavy atom. The van der Waals surface area contributed by atoms with Crippen LogP contribution in [0.3, 0.4) is 0 Å². The molecule has 11 heteroatoms. The molecule has 3 aromatic carbocycles. The molecule has 0 saturated heterocycles. The van der Waals surface area contributed by atoms with Gasteiger partial charge in [0.15, 0.2) is 0 Å². The maximum Gasteiger partial charge on any atom is 0.306 e. The molecule has 0 amide bonds. The third-order valence-electron chi connectivity index (χ3n) is 7.16. The number of hydrogen-bond donors (Lipinski definition) is 1. The first-order valence-electron chi connectivity index (χ1n) is 13.1. The quantitative estimate of drug-likeness (QED) is 0.334. The van der Waals surface area contributed by atoms with Crippen LogP contribution in [-0.4, -0.2) is 58.0 Å². The average Bonchev–Trinajstić information content (AvgIpc) is 3.25. The highest BCUT2D eigenvalue weighted by Gasteiger charge is 2.33. The number of hydrogen-bond acceptors (Lipinski definition) is 8. The van der Waals surface area contributed by atoms with Gasteiger partial charge in [0, 0.05) is 19.5 Å². The van der Waals surface area contributed by atoms with Crippen molar-refractivity contribution in [2.24, 2.45) is 7.05 Å². The number of para-hydroxylation sites is 1. The molecule has 1 aliphatic heterocycles. The summed E-state index contributed by atoms with van der Waals surface area (Å²) in [6, 6.07) is 15.8. The molecule has 210 valence electrons. The Bertz CT molecular complexity index is 1680. The van der Waals surface area contributed by atoms with Gasteiger partial charge >= 0.3 is 5.97 Å². The minimum absolute atomic E-state index is 0.00417. The molecule has 2 heterocycles. The van der Waals surface area contributed by atoms with Crippen molar-refractivity contribution in [3.8, 4) is 11.5 Å². The summed E-state index contributed by atoms with van der Waals surface area (Å²) in [6.07, 6.45) is -0.317. The van der Waals surface area contributed by atoms with E-state index in [0.29, 0.717) is 22.3 Å². The number of aryl methyl sites for hydroxylation is 2. The minimum Gasteiger partial charge on any atom is -0.506 e. The Morgan fingerprint density at radius 3 is 2.73 bits per heavy atom. The standard InChI is InChI=1S/C29H32N4O6S/c1-5-38-28(35)15-23(21-13-24-29(25(34)14-21)32(4)31-30-24)20-11-10-18(2)22(12-20)17-33-16-19(3)39-26-8-6-7-9-27(26)40(33,36)37/h6-14,19,23,34H,5,15-17H2,1-4H3. The summed E-state index contributed by atoms with van der Waals surface area (Å²) in [5, 5.41) is 18.9. The molecule has 4 aromatic rings. The van der Waals surface area contributed by atoms with E-state index in [1.807, 2.05) is 32.0 Å². The molecule has 1 aliphatic rings. The Morgan fingerprint density at radius 1 is 1.18 bits per heavy atom. The number of carbonyl (C=O) groups excluding carboxylic acids is 1. The number of aromatic hydroxyl groups is 1. The summed E-state index contributed by atoms with van der Waals surface area (Å²) < 4.78 is 41.4. The van der Waals surface area contributed by atoms with Crippen molar-refractivity contribution in [1.82, 2.24) is 19.3 Å². The molecule has 0 saturated carbocycles. The lowest BCUT2D eigenvalue weighted by Crippen LogP contribution is -2.35. The van der Waals surface area contributed by atoms with Crippen LogP contribution in [-0.2, 0) is 33.1 Å². The first kappa shape index (κ1) is 27.6. The Hall–Kier alpha value is -3.96. The topological polar surface area (TPSA) is 124 Å². The summed E-state index contributed by atoms with van der Waals surface area (Å²) in [5.41, 5.74) is 4.16. The molecule has 2 atom stereocenters. The number of phenols is 1. The molecule has 0 fully saturated rings. The van der Waals surface area contributed by atoms with E-state index in [2.05, 4.69) is 10.3 Å². The maximum atomic E-state index is 13.6. The average molecular weight is 565 g/mol. The molecular formula is C29H32N4O6S. The molecule has 0 bridgehead atoms. The van der Waals surface area contributed by atoms with Crippen molar-refractivity contribution >= 4 is 27.0 Å². The SMILES string of the molecule is CCOC(=O)CC(c1ccc(C)c(CN2CC(C)Oc3ccccc3S2(=O)=O)c1)c1cc(O)c2c(c1)nnn2C. The van der Waals surface area contributed by atoms with E-state index in [0.717, 1.165) is 16.7 Å². The van der Waals surface area contributed by atoms with E-state index in [1.54, 1.807) is 50.4 Å². The molecule has 1 aromatic heterocycles. The lowest BCUT2D eigenvalue weighted by molar-refractivity contribution is -0.143. The summed E-state index contributed by atoms with van der Waals surface area (Å²) in [6.45, 7) is 6.08. The molecule has 0 radical (unpaired) electrons. The summed E-state index contributed by atoms with van der Waals surface area (Å²) in [7, 11) is -2.13. The van der Waals surface area contributed by atoms with E-state index >= 15 is 0 Å². The lowest BCUT2D eigenvalue weighted by Gasteiger charge is -2.24. The van der Waals surface area contributed by atoms with Gasteiger partial charge in [-0.15, -0.1) is 5.10 Å². The van der Waals surface area contributed by atoms with E-state index in [1.165, 1.54) is 8.99 Å². The number of benzene rings is 3. The number of ether oxygens (including phenoxy) is 2. The van der Waals surface area contributed by atoms with Gasteiger partial charge in [-0.1, -0.05) is 35.5 Å². The fourth-order valence-corrected chi connectivity index (χ4v) is 6.78. The predicted octanol–water partition coefficient (Wildman–Crippen LogP) is 4.04. The third kappa shape index (κ3) is 5.26. The number of carbonyl (C=O) groups is 1. The zero-order chi connectivity index (χ0) is 28.6. The molecule has 2 unspecified atom stereocenters. The zero-order valence-corrected chi connectivity index (χ0v) is 23.7. The van der Waals surface area contributed by atoms with Gasteiger partial charge in [-0.05, 0) is 67.3 Å². The highest BCUT2D eigenvalue weighted by molar-refractivity contribution is 7.89. The number of rotatable bonds is 7. The van der Waals surface area contributed by atoms with Gasteiger partial charge in [0.05, 0.1) is 19.6 Å². The van der Waals surface area contributed by atoms with Crippen LogP contribution in [0.5, 0.6) is 11.5 Å². The highest BCUT2D eigenvalue weighted by atomic mass is 32.2. The fraction of sp³-hybridized carbons (Fsp3) is 0.345. The molecule has 0 aliphatic carbocycles. The normalized spacial score (nSPS) is 17.6. The van der Waals surface area contributed by atoms with Crippen molar-refractivity contribution in [3.05, 3.63) is 76.9 Å². The predicted molar refractivity (Wildman–Crippen MR) is 149 cm³/mol. The van der Waals surface area contributed by atoms with E-state index in [4.69, 9.17) is 9.47 Å². The van der Waals surface area contributed by atoms with E-state index < -0.39 is 15.9 Å². The second-order valence-electron chi connectivity index (χ2n) is 10.0. The number of nitrogens with zero attached hydrogens (tertiary/aromatic N) is 4. The second-order valence-corrected chi connectivity index (χ2v) is 11.9. The summed E-state index contributed by atoms with van der Waals surface area (Å²) >= 11 is 0. The van der Waals surface area contributed by atoms with Gasteiger partial charge in [0.25, 0.3) is 0 Å². The zero-order valence-electron chi connectivity index (χ0n) is 22.9. The first-order chi connectivity index (χ1) is 19.1. The van der Waals surface area contributed by atoms with Crippen molar-refractivity contribution in [2.45, 2.75) is 50.7 Å². The molecule has 0 spiro atoms. The Labute approximate surface area is 233 Å². The molecular weight excluding hydrogens is 532 g/mol. The summed E-state index contributed by atoms with van der Waals surface area (Å²) in [4.78, 5) is 12.8. The lowest BCUT2D eigenvalue weighted by atomic mass is 9.86. The number of sulfonamides is 1. The third-order valence-corrected chi connectivity index (χ3v) is 9.01. The van der Waals surface area contributed by atoms with Gasteiger partial charge in [0.2, 0.25) is 10.0 Å². The van der Waals surface area contributed by atoms with Gasteiger partial charge in [-0.2, -0.15) is 4.31 Å². The van der Waals surface area contributed by atoms with Crippen molar-refractivity contribution in [2.75, 3.05) is 13.2 Å². The van der Waals surface area contributed by atoms with Crippen LogP contribution in [0.4, 0.5) is 0 Å². The van der Waals surface area contributed by atoms with Gasteiger partial charge in [-0.25, -0.2) is 13.1 Å².